The Bertz CT molecular complexity index is 172. The van der Waals surface area contributed by atoms with Crippen LogP contribution in [0, 0.1) is 17.8 Å². The molecule has 0 amide bonds. The van der Waals surface area contributed by atoms with E-state index in [1.165, 1.54) is 0 Å². The van der Waals surface area contributed by atoms with E-state index in [9.17, 15) is 5.11 Å². The van der Waals surface area contributed by atoms with E-state index in [4.69, 9.17) is 4.74 Å². The Morgan fingerprint density at radius 3 is 3.08 bits per heavy atom. The molecule has 2 heteroatoms. The molecule has 0 radical (unpaired) electrons. The first kappa shape index (κ1) is 9.57. The second kappa shape index (κ2) is 5.18. The van der Waals surface area contributed by atoms with Crippen molar-refractivity contribution < 1.29 is 9.84 Å². The minimum Gasteiger partial charge on any atom is -0.392 e. The van der Waals surface area contributed by atoms with Gasteiger partial charge in [0.1, 0.15) is 0 Å². The molecule has 1 rings (SSSR count). The third-order valence-corrected chi connectivity index (χ3v) is 2.23. The molecule has 0 spiro atoms. The highest BCUT2D eigenvalue weighted by Gasteiger charge is 2.21. The fraction of sp³-hybridized carbons (Fsp3) is 0.800. The number of aliphatic hydroxyl groups excluding tert-OH is 1. The van der Waals surface area contributed by atoms with E-state index in [0.29, 0.717) is 18.9 Å². The Hall–Kier alpha value is -0.520. The zero-order valence-electron chi connectivity index (χ0n) is 7.55. The lowest BCUT2D eigenvalue weighted by Gasteiger charge is -2.25. The largest absolute Gasteiger partial charge is 0.392 e. The number of ether oxygens (including phenoxy) is 1. The van der Waals surface area contributed by atoms with Gasteiger partial charge >= 0.3 is 0 Å². The zero-order valence-corrected chi connectivity index (χ0v) is 7.55. The van der Waals surface area contributed by atoms with Crippen LogP contribution in [-0.4, -0.2) is 24.4 Å². The van der Waals surface area contributed by atoms with Crippen molar-refractivity contribution in [1.82, 2.24) is 0 Å². The molecule has 2 nitrogen and oxygen atoms in total. The van der Waals surface area contributed by atoms with Gasteiger partial charge in [0, 0.05) is 18.9 Å². The van der Waals surface area contributed by atoms with Crippen LogP contribution in [0.3, 0.4) is 0 Å². The summed E-state index contributed by atoms with van der Waals surface area (Å²) in [5.41, 5.74) is 0. The summed E-state index contributed by atoms with van der Waals surface area (Å²) in [5, 5.41) is 9.62. The summed E-state index contributed by atoms with van der Waals surface area (Å²) in [7, 11) is 0. The van der Waals surface area contributed by atoms with Crippen molar-refractivity contribution in [2.45, 2.75) is 32.3 Å². The maximum atomic E-state index is 9.62. The SMILES string of the molecule is CC#CCC(O)C1CCCOC1. The number of rotatable bonds is 2. The second-order valence-corrected chi connectivity index (χ2v) is 3.18. The average molecular weight is 168 g/mol. The van der Waals surface area contributed by atoms with E-state index >= 15 is 0 Å². The minimum absolute atomic E-state index is 0.294. The van der Waals surface area contributed by atoms with E-state index in [1.54, 1.807) is 6.92 Å². The van der Waals surface area contributed by atoms with Crippen LogP contribution in [0.25, 0.3) is 0 Å². The molecular formula is C10H16O2. The van der Waals surface area contributed by atoms with Crippen LogP contribution in [0.15, 0.2) is 0 Å². The lowest BCUT2D eigenvalue weighted by molar-refractivity contribution is -0.00676. The molecule has 2 unspecified atom stereocenters. The first-order chi connectivity index (χ1) is 5.84. The van der Waals surface area contributed by atoms with Crippen molar-refractivity contribution in [2.24, 2.45) is 5.92 Å². The molecule has 1 heterocycles. The van der Waals surface area contributed by atoms with Gasteiger partial charge in [-0.25, -0.2) is 0 Å². The van der Waals surface area contributed by atoms with Crippen LogP contribution >= 0.6 is 0 Å². The molecule has 1 fully saturated rings. The molecule has 68 valence electrons. The molecule has 2 atom stereocenters. The summed E-state index contributed by atoms with van der Waals surface area (Å²) >= 11 is 0. The van der Waals surface area contributed by atoms with E-state index in [-0.39, 0.29) is 6.10 Å². The molecule has 0 aromatic rings. The van der Waals surface area contributed by atoms with Crippen LogP contribution in [-0.2, 0) is 4.74 Å². The van der Waals surface area contributed by atoms with E-state index in [0.717, 1.165) is 19.4 Å². The number of hydrogen-bond acceptors (Lipinski definition) is 2. The van der Waals surface area contributed by atoms with Crippen LogP contribution in [0.2, 0.25) is 0 Å². The summed E-state index contributed by atoms with van der Waals surface area (Å²) in [6, 6.07) is 0. The predicted octanol–water partition coefficient (Wildman–Crippen LogP) is 1.19. The van der Waals surface area contributed by atoms with Gasteiger partial charge < -0.3 is 9.84 Å². The molecular weight excluding hydrogens is 152 g/mol. The molecule has 0 bridgehead atoms. The fourth-order valence-electron chi connectivity index (χ4n) is 1.44. The Morgan fingerprint density at radius 2 is 2.50 bits per heavy atom. The van der Waals surface area contributed by atoms with Crippen molar-refractivity contribution >= 4 is 0 Å². The maximum Gasteiger partial charge on any atom is 0.0699 e. The Labute approximate surface area is 73.9 Å². The third kappa shape index (κ3) is 2.84. The van der Waals surface area contributed by atoms with Crippen molar-refractivity contribution in [3.05, 3.63) is 0 Å². The summed E-state index contributed by atoms with van der Waals surface area (Å²) in [6.45, 7) is 3.35. The Kier molecular flexibility index (Phi) is 4.13. The lowest BCUT2D eigenvalue weighted by Crippen LogP contribution is -2.28. The van der Waals surface area contributed by atoms with Gasteiger partial charge in [-0.05, 0) is 19.8 Å². The molecule has 1 aliphatic rings. The van der Waals surface area contributed by atoms with E-state index in [2.05, 4.69) is 11.8 Å². The highest BCUT2D eigenvalue weighted by molar-refractivity contribution is 4.97. The normalized spacial score (nSPS) is 25.7. The molecule has 12 heavy (non-hydrogen) atoms. The number of hydrogen-bond donors (Lipinski definition) is 1. The highest BCUT2D eigenvalue weighted by atomic mass is 16.5. The summed E-state index contributed by atoms with van der Waals surface area (Å²) in [6.07, 6.45) is 2.44. The Morgan fingerprint density at radius 1 is 1.67 bits per heavy atom. The van der Waals surface area contributed by atoms with Gasteiger partial charge in [0.2, 0.25) is 0 Å². The van der Waals surface area contributed by atoms with Crippen molar-refractivity contribution in [3.63, 3.8) is 0 Å². The van der Waals surface area contributed by atoms with Crippen LogP contribution in [0.5, 0.6) is 0 Å². The summed E-state index contributed by atoms with van der Waals surface area (Å²) in [4.78, 5) is 0. The van der Waals surface area contributed by atoms with Gasteiger partial charge in [-0.15, -0.1) is 11.8 Å². The Balaban J connectivity index is 2.27. The topological polar surface area (TPSA) is 29.5 Å². The second-order valence-electron chi connectivity index (χ2n) is 3.18. The van der Waals surface area contributed by atoms with Crippen LogP contribution in [0.4, 0.5) is 0 Å². The van der Waals surface area contributed by atoms with Gasteiger partial charge in [-0.1, -0.05) is 0 Å². The maximum absolute atomic E-state index is 9.62. The summed E-state index contributed by atoms with van der Waals surface area (Å²) < 4.78 is 5.28. The molecule has 1 aliphatic heterocycles. The van der Waals surface area contributed by atoms with Gasteiger partial charge in [0.25, 0.3) is 0 Å². The summed E-state index contributed by atoms with van der Waals surface area (Å²) in [5.74, 6) is 5.98. The standard InChI is InChI=1S/C10H16O2/c1-2-3-6-10(11)9-5-4-7-12-8-9/h9-11H,4-8H2,1H3. The fourth-order valence-corrected chi connectivity index (χ4v) is 1.44. The molecule has 0 saturated carbocycles. The quantitative estimate of drug-likeness (QED) is 0.627. The number of aliphatic hydroxyl groups is 1. The van der Waals surface area contributed by atoms with Gasteiger partial charge in [0.15, 0.2) is 0 Å². The van der Waals surface area contributed by atoms with Gasteiger partial charge in [-0.3, -0.25) is 0 Å². The van der Waals surface area contributed by atoms with Crippen LogP contribution in [0.1, 0.15) is 26.2 Å². The molecule has 0 aliphatic carbocycles. The smallest absolute Gasteiger partial charge is 0.0699 e. The predicted molar refractivity (Wildman–Crippen MR) is 47.6 cm³/mol. The first-order valence-electron chi connectivity index (χ1n) is 4.50. The highest BCUT2D eigenvalue weighted by Crippen LogP contribution is 2.18. The van der Waals surface area contributed by atoms with Crippen molar-refractivity contribution in [2.75, 3.05) is 13.2 Å². The van der Waals surface area contributed by atoms with E-state index in [1.807, 2.05) is 0 Å². The van der Waals surface area contributed by atoms with Crippen molar-refractivity contribution in [3.8, 4) is 11.8 Å². The molecule has 0 aromatic carbocycles. The van der Waals surface area contributed by atoms with Gasteiger partial charge in [-0.2, -0.15) is 0 Å². The lowest BCUT2D eigenvalue weighted by atomic mass is 9.94. The van der Waals surface area contributed by atoms with Gasteiger partial charge in [0.05, 0.1) is 12.7 Å². The van der Waals surface area contributed by atoms with Crippen molar-refractivity contribution in [1.29, 1.82) is 0 Å². The monoisotopic (exact) mass is 168 g/mol. The minimum atomic E-state index is -0.294. The van der Waals surface area contributed by atoms with Crippen LogP contribution < -0.4 is 0 Å². The zero-order chi connectivity index (χ0) is 8.81. The average Bonchev–Trinajstić information content (AvgIpc) is 2.15. The molecule has 0 aromatic heterocycles. The molecule has 1 N–H and O–H groups in total. The molecule has 1 saturated heterocycles. The third-order valence-electron chi connectivity index (χ3n) is 2.23. The first-order valence-corrected chi connectivity index (χ1v) is 4.50. The van der Waals surface area contributed by atoms with E-state index < -0.39 is 0 Å².